The van der Waals surface area contributed by atoms with Gasteiger partial charge >= 0.3 is 5.97 Å². The second-order valence-corrected chi connectivity index (χ2v) is 7.63. The van der Waals surface area contributed by atoms with E-state index in [1.54, 1.807) is 37.5 Å². The summed E-state index contributed by atoms with van der Waals surface area (Å²) in [6.45, 7) is 7.21. The number of ether oxygens (including phenoxy) is 5. The minimum Gasteiger partial charge on any atom is -0.493 e. The molecule has 0 spiro atoms. The van der Waals surface area contributed by atoms with E-state index in [-0.39, 0.29) is 24.6 Å². The Kier molecular flexibility index (Phi) is 6.51. The van der Waals surface area contributed by atoms with Crippen LogP contribution in [0, 0.1) is 11.3 Å². The highest BCUT2D eigenvalue weighted by Gasteiger charge is 2.49. The molecule has 30 heavy (non-hydrogen) atoms. The number of esters is 1. The molecule has 1 aromatic carbocycles. The molecular formula is C23H28O7. The predicted octanol–water partition coefficient (Wildman–Crippen LogP) is 3.77. The summed E-state index contributed by atoms with van der Waals surface area (Å²) in [6, 6.07) is 3.53. The van der Waals surface area contributed by atoms with E-state index in [2.05, 4.69) is 6.58 Å². The first kappa shape index (κ1) is 21.9. The van der Waals surface area contributed by atoms with Crippen LogP contribution >= 0.6 is 0 Å². The number of rotatable bonds is 8. The molecule has 0 fully saturated rings. The van der Waals surface area contributed by atoms with Crippen molar-refractivity contribution in [1.82, 2.24) is 0 Å². The monoisotopic (exact) mass is 416 g/mol. The quantitative estimate of drug-likeness (QED) is 0.471. The number of hydrogen-bond acceptors (Lipinski definition) is 7. The van der Waals surface area contributed by atoms with Gasteiger partial charge in [0.05, 0.1) is 13.2 Å². The van der Waals surface area contributed by atoms with Crippen molar-refractivity contribution < 1.29 is 33.3 Å². The van der Waals surface area contributed by atoms with Gasteiger partial charge in [0.25, 0.3) is 0 Å². The van der Waals surface area contributed by atoms with Gasteiger partial charge in [0.1, 0.15) is 6.10 Å². The standard InChI is InChI=1S/C23H28O7/c1-6-9-23(12-17(26-4)7-8-20(23)25)14(2)21(30-15(3)24)16-10-18(27-5)22-19(11-16)28-13-29-22/h6-8,10-11,14,17,21H,1,9,12-13H2,2-5H3/t14-,17+,21-,23-/m1/s1. The summed E-state index contributed by atoms with van der Waals surface area (Å²) < 4.78 is 27.7. The zero-order chi connectivity index (χ0) is 21.9. The molecule has 1 aliphatic carbocycles. The van der Waals surface area contributed by atoms with E-state index in [0.29, 0.717) is 35.7 Å². The van der Waals surface area contributed by atoms with E-state index in [4.69, 9.17) is 23.7 Å². The maximum absolute atomic E-state index is 13.1. The van der Waals surface area contributed by atoms with Crippen LogP contribution in [0.3, 0.4) is 0 Å². The Morgan fingerprint density at radius 3 is 2.77 bits per heavy atom. The number of fused-ring (bicyclic) bond motifs is 1. The number of methoxy groups -OCH3 is 2. The van der Waals surface area contributed by atoms with Crippen LogP contribution in [-0.2, 0) is 19.1 Å². The van der Waals surface area contributed by atoms with Crippen molar-refractivity contribution in [1.29, 1.82) is 0 Å². The first-order chi connectivity index (χ1) is 14.4. The average molecular weight is 416 g/mol. The van der Waals surface area contributed by atoms with E-state index in [0.717, 1.165) is 0 Å². The van der Waals surface area contributed by atoms with Crippen LogP contribution in [0.1, 0.15) is 38.4 Å². The molecular weight excluding hydrogens is 388 g/mol. The number of carbonyl (C=O) groups is 2. The lowest BCUT2D eigenvalue weighted by molar-refractivity contribution is -0.156. The van der Waals surface area contributed by atoms with Crippen molar-refractivity contribution in [3.8, 4) is 17.2 Å². The molecule has 0 saturated heterocycles. The largest absolute Gasteiger partial charge is 0.493 e. The zero-order valence-electron chi connectivity index (χ0n) is 17.8. The molecule has 162 valence electrons. The Morgan fingerprint density at radius 1 is 1.37 bits per heavy atom. The second-order valence-electron chi connectivity index (χ2n) is 7.63. The highest BCUT2D eigenvalue weighted by atomic mass is 16.7. The summed E-state index contributed by atoms with van der Waals surface area (Å²) in [5.41, 5.74) is -0.167. The van der Waals surface area contributed by atoms with Gasteiger partial charge < -0.3 is 23.7 Å². The fourth-order valence-electron chi connectivity index (χ4n) is 4.33. The Hall–Kier alpha value is -2.80. The van der Waals surface area contributed by atoms with E-state index in [9.17, 15) is 9.59 Å². The highest BCUT2D eigenvalue weighted by Crippen LogP contribution is 2.50. The maximum atomic E-state index is 13.1. The predicted molar refractivity (Wildman–Crippen MR) is 110 cm³/mol. The number of hydrogen-bond donors (Lipinski definition) is 0. The smallest absolute Gasteiger partial charge is 0.303 e. The third-order valence-electron chi connectivity index (χ3n) is 5.96. The molecule has 1 aromatic rings. The van der Waals surface area contributed by atoms with Crippen molar-refractivity contribution in [2.75, 3.05) is 21.0 Å². The molecule has 0 bridgehead atoms. The number of ketones is 1. The average Bonchev–Trinajstić information content (AvgIpc) is 3.21. The van der Waals surface area contributed by atoms with Crippen molar-refractivity contribution in [3.63, 3.8) is 0 Å². The molecule has 7 nitrogen and oxygen atoms in total. The van der Waals surface area contributed by atoms with Gasteiger partial charge in [-0.1, -0.05) is 19.1 Å². The van der Waals surface area contributed by atoms with Gasteiger partial charge in [-0.25, -0.2) is 0 Å². The molecule has 0 radical (unpaired) electrons. The van der Waals surface area contributed by atoms with Gasteiger partial charge in [0.15, 0.2) is 17.3 Å². The molecule has 0 saturated carbocycles. The van der Waals surface area contributed by atoms with Gasteiger partial charge in [0.2, 0.25) is 12.5 Å². The number of benzene rings is 1. The molecule has 0 N–H and O–H groups in total. The molecule has 1 aliphatic heterocycles. The van der Waals surface area contributed by atoms with Gasteiger partial charge in [-0.05, 0) is 31.1 Å². The molecule has 0 unspecified atom stereocenters. The molecule has 0 aromatic heterocycles. The van der Waals surface area contributed by atoms with E-state index in [1.807, 2.05) is 6.92 Å². The van der Waals surface area contributed by atoms with Crippen molar-refractivity contribution >= 4 is 11.8 Å². The van der Waals surface area contributed by atoms with Crippen LogP contribution in [-0.4, -0.2) is 38.9 Å². The van der Waals surface area contributed by atoms with Gasteiger partial charge in [-0.15, -0.1) is 6.58 Å². The number of carbonyl (C=O) groups excluding carboxylic acids is 2. The molecule has 1 heterocycles. The Balaban J connectivity index is 2.08. The third kappa shape index (κ3) is 3.94. The Labute approximate surface area is 176 Å². The Morgan fingerprint density at radius 2 is 2.13 bits per heavy atom. The first-order valence-corrected chi connectivity index (χ1v) is 9.87. The van der Waals surface area contributed by atoms with Gasteiger partial charge in [-0.2, -0.15) is 0 Å². The molecule has 3 rings (SSSR count). The zero-order valence-corrected chi connectivity index (χ0v) is 17.8. The topological polar surface area (TPSA) is 80.3 Å². The summed E-state index contributed by atoms with van der Waals surface area (Å²) in [4.78, 5) is 25.2. The summed E-state index contributed by atoms with van der Waals surface area (Å²) in [5, 5.41) is 0. The summed E-state index contributed by atoms with van der Waals surface area (Å²) in [6.07, 6.45) is 5.02. The van der Waals surface area contributed by atoms with Crippen LogP contribution in [0.15, 0.2) is 36.9 Å². The van der Waals surface area contributed by atoms with Crippen molar-refractivity contribution in [3.05, 3.63) is 42.5 Å². The van der Waals surface area contributed by atoms with Crippen LogP contribution in [0.4, 0.5) is 0 Å². The molecule has 0 amide bonds. The van der Waals surface area contributed by atoms with Crippen molar-refractivity contribution in [2.45, 2.75) is 38.9 Å². The Bertz CT molecular complexity index is 859. The fraction of sp³-hybridized carbons (Fsp3) is 0.478. The number of allylic oxidation sites excluding steroid dienone is 2. The summed E-state index contributed by atoms with van der Waals surface area (Å²) in [5.74, 6) is 0.641. The van der Waals surface area contributed by atoms with Crippen LogP contribution in [0.25, 0.3) is 0 Å². The van der Waals surface area contributed by atoms with Crippen LogP contribution in [0.2, 0.25) is 0 Å². The lowest BCUT2D eigenvalue weighted by Gasteiger charge is -2.43. The molecule has 4 atom stereocenters. The lowest BCUT2D eigenvalue weighted by Crippen LogP contribution is -2.45. The lowest BCUT2D eigenvalue weighted by atomic mass is 9.62. The SMILES string of the molecule is C=CC[C@]1([C@H](C)[C@@H](OC(C)=O)c2cc(OC)c3c(c2)OCO3)C[C@@H](OC)C=CC1=O. The van der Waals surface area contributed by atoms with Gasteiger partial charge in [0, 0.05) is 30.9 Å². The third-order valence-corrected chi connectivity index (χ3v) is 5.96. The first-order valence-electron chi connectivity index (χ1n) is 9.87. The molecule has 7 heteroatoms. The van der Waals surface area contributed by atoms with E-state index in [1.165, 1.54) is 14.0 Å². The summed E-state index contributed by atoms with van der Waals surface area (Å²) >= 11 is 0. The minimum absolute atomic E-state index is 0.0342. The van der Waals surface area contributed by atoms with E-state index < -0.39 is 17.5 Å². The van der Waals surface area contributed by atoms with Crippen LogP contribution in [0.5, 0.6) is 17.2 Å². The normalized spacial score (nSPS) is 24.3. The minimum atomic E-state index is -0.832. The summed E-state index contributed by atoms with van der Waals surface area (Å²) in [7, 11) is 3.14. The van der Waals surface area contributed by atoms with Gasteiger partial charge in [-0.3, -0.25) is 9.59 Å². The highest BCUT2D eigenvalue weighted by molar-refractivity contribution is 5.96. The molecule has 2 aliphatic rings. The van der Waals surface area contributed by atoms with Crippen LogP contribution < -0.4 is 14.2 Å². The van der Waals surface area contributed by atoms with Crippen molar-refractivity contribution in [2.24, 2.45) is 11.3 Å². The fourth-order valence-corrected chi connectivity index (χ4v) is 4.33. The maximum Gasteiger partial charge on any atom is 0.303 e. The van der Waals surface area contributed by atoms with E-state index >= 15 is 0 Å². The second kappa shape index (κ2) is 8.92.